The first-order valence-corrected chi connectivity index (χ1v) is 7.21. The van der Waals surface area contributed by atoms with E-state index in [1.807, 2.05) is 6.07 Å². The van der Waals surface area contributed by atoms with Crippen LogP contribution >= 0.6 is 0 Å². The number of hydrogen-bond acceptors (Lipinski definition) is 2. The van der Waals surface area contributed by atoms with Crippen molar-refractivity contribution in [2.75, 3.05) is 13.7 Å². The van der Waals surface area contributed by atoms with Crippen molar-refractivity contribution >= 4 is 0 Å². The molecule has 100 valence electrons. The average molecular weight is 247 g/mol. The number of rotatable bonds is 8. The fourth-order valence-electron chi connectivity index (χ4n) is 2.45. The molecule has 1 aromatic carbocycles. The Hall–Kier alpha value is -1.02. The van der Waals surface area contributed by atoms with Gasteiger partial charge in [0, 0.05) is 11.6 Å². The Labute approximate surface area is 111 Å². The third-order valence-electron chi connectivity index (χ3n) is 3.72. The Bertz CT molecular complexity index is 360. The Morgan fingerprint density at radius 1 is 1.33 bits per heavy atom. The van der Waals surface area contributed by atoms with Gasteiger partial charge in [-0.15, -0.1) is 0 Å². The van der Waals surface area contributed by atoms with E-state index in [4.69, 9.17) is 4.74 Å². The lowest BCUT2D eigenvalue weighted by molar-refractivity contribution is 0.391. The van der Waals surface area contributed by atoms with Crippen LogP contribution in [0.5, 0.6) is 5.75 Å². The van der Waals surface area contributed by atoms with Crippen LogP contribution < -0.4 is 10.1 Å². The highest BCUT2D eigenvalue weighted by molar-refractivity contribution is 5.35. The molecule has 0 heterocycles. The summed E-state index contributed by atoms with van der Waals surface area (Å²) in [4.78, 5) is 0. The minimum Gasteiger partial charge on any atom is -0.496 e. The molecule has 1 N–H and O–H groups in total. The third-order valence-corrected chi connectivity index (χ3v) is 3.72. The number of ether oxygens (including phenoxy) is 1. The summed E-state index contributed by atoms with van der Waals surface area (Å²) < 4.78 is 5.49. The van der Waals surface area contributed by atoms with E-state index in [-0.39, 0.29) is 0 Å². The van der Waals surface area contributed by atoms with Crippen molar-refractivity contribution in [3.8, 4) is 5.75 Å². The van der Waals surface area contributed by atoms with Gasteiger partial charge in [-0.2, -0.15) is 0 Å². The minimum absolute atomic E-state index is 0.446. The van der Waals surface area contributed by atoms with Gasteiger partial charge in [0.05, 0.1) is 7.11 Å². The van der Waals surface area contributed by atoms with E-state index in [9.17, 15) is 0 Å². The highest BCUT2D eigenvalue weighted by atomic mass is 16.5. The van der Waals surface area contributed by atoms with Crippen LogP contribution in [0, 0.1) is 5.92 Å². The van der Waals surface area contributed by atoms with Gasteiger partial charge >= 0.3 is 0 Å². The smallest absolute Gasteiger partial charge is 0.123 e. The van der Waals surface area contributed by atoms with Crippen LogP contribution in [-0.4, -0.2) is 13.7 Å². The molecule has 1 aliphatic carbocycles. The number of benzene rings is 1. The Morgan fingerprint density at radius 3 is 2.78 bits per heavy atom. The number of nitrogens with one attached hydrogen (secondary N) is 1. The lowest BCUT2D eigenvalue weighted by atomic mass is 9.99. The van der Waals surface area contributed by atoms with Gasteiger partial charge in [0.15, 0.2) is 0 Å². The number of hydrogen-bond donors (Lipinski definition) is 1. The van der Waals surface area contributed by atoms with Gasteiger partial charge in [-0.05, 0) is 37.8 Å². The van der Waals surface area contributed by atoms with Crippen molar-refractivity contribution in [2.24, 2.45) is 5.92 Å². The zero-order valence-electron chi connectivity index (χ0n) is 11.6. The first kappa shape index (κ1) is 13.4. The van der Waals surface area contributed by atoms with Crippen molar-refractivity contribution in [1.29, 1.82) is 0 Å². The van der Waals surface area contributed by atoms with Crippen molar-refractivity contribution < 1.29 is 4.74 Å². The second-order valence-corrected chi connectivity index (χ2v) is 5.27. The molecule has 0 radical (unpaired) electrons. The van der Waals surface area contributed by atoms with E-state index in [0.29, 0.717) is 6.04 Å². The summed E-state index contributed by atoms with van der Waals surface area (Å²) in [6.45, 7) is 3.29. The van der Waals surface area contributed by atoms with Crippen molar-refractivity contribution in [3.05, 3.63) is 29.8 Å². The van der Waals surface area contributed by atoms with Gasteiger partial charge in [0.2, 0.25) is 0 Å². The molecule has 2 heteroatoms. The molecule has 0 aromatic heterocycles. The van der Waals surface area contributed by atoms with E-state index in [2.05, 4.69) is 30.4 Å². The predicted octanol–water partition coefficient (Wildman–Crippen LogP) is 3.93. The maximum absolute atomic E-state index is 5.49. The fourth-order valence-corrected chi connectivity index (χ4v) is 2.45. The molecule has 18 heavy (non-hydrogen) atoms. The average Bonchev–Trinajstić information content (AvgIpc) is 3.23. The minimum atomic E-state index is 0.446. The summed E-state index contributed by atoms with van der Waals surface area (Å²) in [6.07, 6.45) is 6.62. The van der Waals surface area contributed by atoms with Crippen LogP contribution in [0.1, 0.15) is 50.6 Å². The van der Waals surface area contributed by atoms with Crippen LogP contribution in [0.2, 0.25) is 0 Å². The van der Waals surface area contributed by atoms with Gasteiger partial charge in [0.1, 0.15) is 5.75 Å². The molecule has 1 aromatic rings. The molecular formula is C16H25NO. The molecule has 1 aliphatic rings. The first-order valence-electron chi connectivity index (χ1n) is 7.21. The summed E-state index contributed by atoms with van der Waals surface area (Å²) in [5.41, 5.74) is 1.31. The molecule has 2 rings (SSSR count). The zero-order valence-corrected chi connectivity index (χ0v) is 11.6. The van der Waals surface area contributed by atoms with E-state index >= 15 is 0 Å². The number of methoxy groups -OCH3 is 1. The van der Waals surface area contributed by atoms with Crippen LogP contribution in [0.25, 0.3) is 0 Å². The summed E-state index contributed by atoms with van der Waals surface area (Å²) >= 11 is 0. The molecule has 0 saturated heterocycles. The lowest BCUT2D eigenvalue weighted by Crippen LogP contribution is -2.22. The lowest BCUT2D eigenvalue weighted by Gasteiger charge is -2.21. The molecule has 0 amide bonds. The largest absolute Gasteiger partial charge is 0.496 e. The van der Waals surface area contributed by atoms with E-state index in [1.54, 1.807) is 7.11 Å². The van der Waals surface area contributed by atoms with Gasteiger partial charge in [0.25, 0.3) is 0 Å². The van der Waals surface area contributed by atoms with Crippen LogP contribution in [0.15, 0.2) is 24.3 Å². The maximum atomic E-state index is 5.49. The maximum Gasteiger partial charge on any atom is 0.123 e. The summed E-state index contributed by atoms with van der Waals surface area (Å²) in [7, 11) is 1.76. The SMILES string of the molecule is CCCNC(CCC1CC1)c1ccccc1OC. The van der Waals surface area contributed by atoms with Crippen LogP contribution in [0.4, 0.5) is 0 Å². The van der Waals surface area contributed by atoms with E-state index < -0.39 is 0 Å². The topological polar surface area (TPSA) is 21.3 Å². The summed E-state index contributed by atoms with van der Waals surface area (Å²) in [5, 5.41) is 3.66. The second kappa shape index (κ2) is 6.79. The summed E-state index contributed by atoms with van der Waals surface area (Å²) in [6, 6.07) is 8.85. The van der Waals surface area contributed by atoms with Gasteiger partial charge in [-0.1, -0.05) is 38.0 Å². The standard InChI is InChI=1S/C16H25NO/c1-3-12-17-15(11-10-13-8-9-13)14-6-4-5-7-16(14)18-2/h4-7,13,15,17H,3,8-12H2,1-2H3. The van der Waals surface area contributed by atoms with Crippen molar-refractivity contribution in [2.45, 2.75) is 45.1 Å². The van der Waals surface area contributed by atoms with Crippen LogP contribution in [0.3, 0.4) is 0 Å². The zero-order chi connectivity index (χ0) is 12.8. The normalized spacial score (nSPS) is 16.6. The van der Waals surface area contributed by atoms with E-state index in [0.717, 1.165) is 18.2 Å². The summed E-state index contributed by atoms with van der Waals surface area (Å²) in [5.74, 6) is 2.01. The molecule has 0 aliphatic heterocycles. The predicted molar refractivity (Wildman–Crippen MR) is 76.0 cm³/mol. The Kier molecular flexibility index (Phi) is 5.06. The number of para-hydroxylation sites is 1. The van der Waals surface area contributed by atoms with Gasteiger partial charge in [-0.25, -0.2) is 0 Å². The molecule has 2 nitrogen and oxygen atoms in total. The first-order chi connectivity index (χ1) is 8.85. The molecule has 1 fully saturated rings. The second-order valence-electron chi connectivity index (χ2n) is 5.27. The van der Waals surface area contributed by atoms with Crippen molar-refractivity contribution in [3.63, 3.8) is 0 Å². The van der Waals surface area contributed by atoms with Gasteiger partial charge in [-0.3, -0.25) is 0 Å². The Balaban J connectivity index is 2.04. The van der Waals surface area contributed by atoms with Crippen molar-refractivity contribution in [1.82, 2.24) is 5.32 Å². The third kappa shape index (κ3) is 3.74. The molecule has 0 spiro atoms. The quantitative estimate of drug-likeness (QED) is 0.751. The fraction of sp³-hybridized carbons (Fsp3) is 0.625. The molecule has 1 saturated carbocycles. The molecule has 0 bridgehead atoms. The molecule has 1 unspecified atom stereocenters. The van der Waals surface area contributed by atoms with E-state index in [1.165, 1.54) is 37.7 Å². The van der Waals surface area contributed by atoms with Gasteiger partial charge < -0.3 is 10.1 Å². The highest BCUT2D eigenvalue weighted by Crippen LogP contribution is 2.37. The highest BCUT2D eigenvalue weighted by Gasteiger charge is 2.23. The molecule has 1 atom stereocenters. The Morgan fingerprint density at radius 2 is 2.11 bits per heavy atom. The molecular weight excluding hydrogens is 222 g/mol. The van der Waals surface area contributed by atoms with Crippen LogP contribution in [-0.2, 0) is 0 Å². The monoisotopic (exact) mass is 247 g/mol.